The molecule has 4 atom stereocenters. The van der Waals surface area contributed by atoms with Gasteiger partial charge in [0.1, 0.15) is 6.10 Å². The fourth-order valence-electron chi connectivity index (χ4n) is 3.96. The van der Waals surface area contributed by atoms with E-state index in [1.165, 1.54) is 0 Å². The van der Waals surface area contributed by atoms with Crippen molar-refractivity contribution in [1.82, 2.24) is 0 Å². The number of aliphatic hydroxyl groups is 1. The molecule has 3 heteroatoms. The molecule has 2 saturated carbocycles. The Bertz CT molecular complexity index is 574. The minimum Gasteiger partial charge on any atom is -0.456 e. The van der Waals surface area contributed by atoms with E-state index in [0.717, 1.165) is 18.4 Å². The van der Waals surface area contributed by atoms with Gasteiger partial charge in [0.2, 0.25) is 0 Å². The van der Waals surface area contributed by atoms with Crippen LogP contribution in [0.4, 0.5) is 0 Å². The van der Waals surface area contributed by atoms with Crippen LogP contribution in [-0.4, -0.2) is 22.8 Å². The number of hydrogen-bond donors (Lipinski definition) is 1. The highest BCUT2D eigenvalue weighted by Gasteiger charge is 2.64. The van der Waals surface area contributed by atoms with E-state index in [1.54, 1.807) is 13.0 Å². The Hall–Kier alpha value is -1.35. The molecule has 0 bridgehead atoms. The van der Waals surface area contributed by atoms with Crippen molar-refractivity contribution < 1.29 is 14.6 Å². The lowest BCUT2D eigenvalue weighted by Gasteiger charge is -2.36. The highest BCUT2D eigenvalue weighted by molar-refractivity contribution is 5.91. The van der Waals surface area contributed by atoms with Gasteiger partial charge >= 0.3 is 5.97 Å². The van der Waals surface area contributed by atoms with Crippen LogP contribution in [0.5, 0.6) is 0 Å². The van der Waals surface area contributed by atoms with Gasteiger partial charge in [-0.2, -0.15) is 0 Å². The summed E-state index contributed by atoms with van der Waals surface area (Å²) < 4.78 is 5.67. The molecule has 1 aromatic carbocycles. The molecule has 1 aromatic rings. The lowest BCUT2D eigenvalue weighted by atomic mass is 9.83. The van der Waals surface area contributed by atoms with Crippen LogP contribution in [0.2, 0.25) is 0 Å². The maximum atomic E-state index is 12.4. The highest BCUT2D eigenvalue weighted by Crippen LogP contribution is 2.66. The lowest BCUT2D eigenvalue weighted by molar-refractivity contribution is -0.0986. The van der Waals surface area contributed by atoms with E-state index in [9.17, 15) is 9.90 Å². The van der Waals surface area contributed by atoms with Crippen molar-refractivity contribution in [1.29, 1.82) is 0 Å². The Morgan fingerprint density at radius 3 is 2.57 bits per heavy atom. The summed E-state index contributed by atoms with van der Waals surface area (Å²) in [5, 5.41) is 10.7. The Labute approximate surface area is 126 Å². The fourth-order valence-corrected chi connectivity index (χ4v) is 3.96. The van der Waals surface area contributed by atoms with Crippen molar-refractivity contribution in [3.8, 4) is 0 Å². The Balaban J connectivity index is 1.75. The number of aryl methyl sites for hydroxylation is 1. The maximum absolute atomic E-state index is 12.4. The van der Waals surface area contributed by atoms with Crippen LogP contribution in [0.3, 0.4) is 0 Å². The average Bonchev–Trinajstić information content (AvgIpc) is 2.90. The minimum atomic E-state index is -0.923. The third-order valence-corrected chi connectivity index (χ3v) is 5.70. The summed E-state index contributed by atoms with van der Waals surface area (Å²) in [6.45, 7) is 8.18. The van der Waals surface area contributed by atoms with Gasteiger partial charge in [-0.15, -0.1) is 0 Å². The number of fused-ring (bicyclic) bond motifs is 1. The quantitative estimate of drug-likeness (QED) is 0.849. The summed E-state index contributed by atoms with van der Waals surface area (Å²) in [6, 6.07) is 7.41. The van der Waals surface area contributed by atoms with Gasteiger partial charge in [0, 0.05) is 0 Å². The van der Waals surface area contributed by atoms with Gasteiger partial charge in [-0.3, -0.25) is 0 Å². The molecule has 0 amide bonds. The van der Waals surface area contributed by atoms with Crippen LogP contribution in [0.25, 0.3) is 0 Å². The Morgan fingerprint density at radius 2 is 1.90 bits per heavy atom. The first-order valence-corrected chi connectivity index (χ1v) is 7.72. The molecule has 21 heavy (non-hydrogen) atoms. The minimum absolute atomic E-state index is 0.272. The van der Waals surface area contributed by atoms with E-state index in [1.807, 2.05) is 25.1 Å². The molecule has 0 radical (unpaired) electrons. The smallest absolute Gasteiger partial charge is 0.338 e. The second kappa shape index (κ2) is 4.57. The summed E-state index contributed by atoms with van der Waals surface area (Å²) in [7, 11) is 0. The van der Waals surface area contributed by atoms with Crippen molar-refractivity contribution in [3.63, 3.8) is 0 Å². The fraction of sp³-hybridized carbons (Fsp3) is 0.611. The number of carbonyl (C=O) groups excluding carboxylic acids is 1. The van der Waals surface area contributed by atoms with Gasteiger partial charge in [0.05, 0.1) is 11.2 Å². The lowest BCUT2D eigenvalue weighted by Crippen LogP contribution is -2.45. The number of hydrogen-bond acceptors (Lipinski definition) is 3. The van der Waals surface area contributed by atoms with Gasteiger partial charge in [-0.05, 0) is 55.6 Å². The van der Waals surface area contributed by atoms with Crippen LogP contribution in [-0.2, 0) is 4.74 Å². The summed E-state index contributed by atoms with van der Waals surface area (Å²) in [5.41, 5.74) is 0.842. The Kier molecular flexibility index (Phi) is 3.17. The molecule has 0 unspecified atom stereocenters. The highest BCUT2D eigenvalue weighted by atomic mass is 16.6. The molecule has 0 saturated heterocycles. The van der Waals surface area contributed by atoms with E-state index in [-0.39, 0.29) is 11.4 Å². The molecule has 0 spiro atoms. The van der Waals surface area contributed by atoms with Crippen molar-refractivity contribution >= 4 is 5.97 Å². The number of ether oxygens (including phenoxy) is 1. The molecule has 0 aliphatic heterocycles. The van der Waals surface area contributed by atoms with Gasteiger partial charge in [-0.25, -0.2) is 4.79 Å². The van der Waals surface area contributed by atoms with Crippen molar-refractivity contribution in [3.05, 3.63) is 35.4 Å². The largest absolute Gasteiger partial charge is 0.456 e. The van der Waals surface area contributed by atoms with Crippen LogP contribution in [0, 0.1) is 24.2 Å². The summed E-state index contributed by atoms with van der Waals surface area (Å²) in [6.07, 6.45) is 1.08. The first-order valence-electron chi connectivity index (χ1n) is 7.72. The topological polar surface area (TPSA) is 46.5 Å². The first-order chi connectivity index (χ1) is 9.73. The second-order valence-corrected chi connectivity index (χ2v) is 7.54. The number of benzene rings is 1. The van der Waals surface area contributed by atoms with Crippen molar-refractivity contribution in [2.24, 2.45) is 17.3 Å². The van der Waals surface area contributed by atoms with E-state index in [2.05, 4.69) is 13.8 Å². The van der Waals surface area contributed by atoms with E-state index < -0.39 is 11.7 Å². The third kappa shape index (κ3) is 2.38. The zero-order chi connectivity index (χ0) is 15.4. The van der Waals surface area contributed by atoms with Crippen molar-refractivity contribution in [2.75, 3.05) is 0 Å². The summed E-state index contributed by atoms with van der Waals surface area (Å²) >= 11 is 0. The van der Waals surface area contributed by atoms with Gasteiger partial charge < -0.3 is 9.84 Å². The molecule has 2 aliphatic carbocycles. The predicted molar refractivity (Wildman–Crippen MR) is 81.0 cm³/mol. The van der Waals surface area contributed by atoms with Gasteiger partial charge in [-0.1, -0.05) is 32.0 Å². The molecule has 0 heterocycles. The SMILES string of the molecule is Cc1ccccc1C(=O)O[C@@H]1C[C@@H]2[C@@H](C[C@]1(C)O)C2(C)C. The maximum Gasteiger partial charge on any atom is 0.338 e. The second-order valence-electron chi connectivity index (χ2n) is 7.54. The van der Waals surface area contributed by atoms with Gasteiger partial charge in [0.15, 0.2) is 0 Å². The number of rotatable bonds is 2. The normalized spacial score (nSPS) is 36.7. The molecule has 114 valence electrons. The summed E-state index contributed by atoms with van der Waals surface area (Å²) in [4.78, 5) is 12.4. The zero-order valence-electron chi connectivity index (χ0n) is 13.2. The van der Waals surface area contributed by atoms with E-state index >= 15 is 0 Å². The van der Waals surface area contributed by atoms with Crippen LogP contribution >= 0.6 is 0 Å². The number of carbonyl (C=O) groups is 1. The van der Waals surface area contributed by atoms with Crippen LogP contribution < -0.4 is 0 Å². The number of esters is 1. The zero-order valence-corrected chi connectivity index (χ0v) is 13.2. The standard InChI is InChI=1S/C18H24O3/c1-11-7-5-6-8-12(11)16(19)21-15-9-13-14(17(13,2)3)10-18(15,4)20/h5-8,13-15,20H,9-10H2,1-4H3/t13-,14-,15-,18+/m1/s1. The molecule has 3 nitrogen and oxygen atoms in total. The van der Waals surface area contributed by atoms with E-state index in [0.29, 0.717) is 17.4 Å². The Morgan fingerprint density at radius 1 is 1.24 bits per heavy atom. The first kappa shape index (κ1) is 14.6. The molecule has 0 aromatic heterocycles. The monoisotopic (exact) mass is 288 g/mol. The molecular weight excluding hydrogens is 264 g/mol. The third-order valence-electron chi connectivity index (χ3n) is 5.70. The predicted octanol–water partition coefficient (Wildman–Crippen LogP) is 3.34. The van der Waals surface area contributed by atoms with Crippen LogP contribution in [0.15, 0.2) is 24.3 Å². The van der Waals surface area contributed by atoms with Gasteiger partial charge in [0.25, 0.3) is 0 Å². The van der Waals surface area contributed by atoms with Crippen LogP contribution in [0.1, 0.15) is 49.5 Å². The molecule has 2 fully saturated rings. The summed E-state index contributed by atoms with van der Waals surface area (Å²) in [5.74, 6) is 0.795. The average molecular weight is 288 g/mol. The van der Waals surface area contributed by atoms with E-state index in [4.69, 9.17) is 4.74 Å². The molecular formula is C18H24O3. The molecule has 3 rings (SSSR count). The molecule has 2 aliphatic rings. The van der Waals surface area contributed by atoms with Crippen molar-refractivity contribution in [2.45, 2.75) is 52.2 Å². The molecule has 1 N–H and O–H groups in total.